The Morgan fingerprint density at radius 3 is 2.71 bits per heavy atom. The summed E-state index contributed by atoms with van der Waals surface area (Å²) >= 11 is 0. The van der Waals surface area contributed by atoms with Crippen LogP contribution in [0.15, 0.2) is 64.6 Å². The van der Waals surface area contributed by atoms with E-state index in [2.05, 4.69) is 77.1 Å². The van der Waals surface area contributed by atoms with E-state index >= 15 is 0 Å². The lowest BCUT2D eigenvalue weighted by Crippen LogP contribution is -2.30. The minimum absolute atomic E-state index is 0.279. The molecule has 1 aromatic heterocycles. The summed E-state index contributed by atoms with van der Waals surface area (Å²) in [7, 11) is 0. The molecule has 3 unspecified atom stereocenters. The Morgan fingerprint density at radius 1 is 0.929 bits per heavy atom. The standard InChI is InChI=1S/C24H22N4/c1-2-4-22-21(3-1)23-13-19-9-7-17(26-19)11-15-5-6-16(25-15)12-18-8-10-20(27-18)14-24(22)28-23/h1-7,9,11,13-14,16,18,20,26-27H,8,10,12H2. The fraction of sp³-hybridized carbons (Fsp3) is 0.250. The van der Waals surface area contributed by atoms with Crippen molar-refractivity contribution in [3.8, 4) is 0 Å². The van der Waals surface area contributed by atoms with Crippen LogP contribution in [0.25, 0.3) is 17.8 Å². The highest BCUT2D eigenvalue weighted by Crippen LogP contribution is 2.31. The monoisotopic (exact) mass is 366 g/mol. The average Bonchev–Trinajstić information content (AvgIpc) is 3.47. The van der Waals surface area contributed by atoms with Gasteiger partial charge in [-0.2, -0.15) is 0 Å². The third-order valence-electron chi connectivity index (χ3n) is 6.01. The van der Waals surface area contributed by atoms with Crippen LogP contribution in [0.1, 0.15) is 30.4 Å². The highest BCUT2D eigenvalue weighted by molar-refractivity contribution is 6.26. The van der Waals surface area contributed by atoms with E-state index in [4.69, 9.17) is 9.98 Å². The van der Waals surface area contributed by atoms with Crippen LogP contribution in [-0.4, -0.2) is 34.5 Å². The molecule has 4 nitrogen and oxygen atoms in total. The number of nitrogens with zero attached hydrogens (tertiary/aromatic N) is 2. The topological polar surface area (TPSA) is 52.5 Å². The molecule has 138 valence electrons. The predicted molar refractivity (Wildman–Crippen MR) is 115 cm³/mol. The van der Waals surface area contributed by atoms with Gasteiger partial charge in [0.05, 0.1) is 23.2 Å². The first-order chi connectivity index (χ1) is 13.8. The lowest BCUT2D eigenvalue weighted by molar-refractivity contribution is 0.518. The molecule has 1 fully saturated rings. The van der Waals surface area contributed by atoms with Crippen LogP contribution in [0.3, 0.4) is 0 Å². The fourth-order valence-corrected chi connectivity index (χ4v) is 4.68. The third-order valence-corrected chi connectivity index (χ3v) is 6.01. The second kappa shape index (κ2) is 6.28. The molecule has 0 radical (unpaired) electrons. The molecule has 6 rings (SSSR count). The van der Waals surface area contributed by atoms with Gasteiger partial charge in [-0.1, -0.05) is 30.3 Å². The largest absolute Gasteiger partial charge is 0.355 e. The maximum absolute atomic E-state index is 4.99. The van der Waals surface area contributed by atoms with Gasteiger partial charge in [0.2, 0.25) is 0 Å². The molecule has 1 saturated heterocycles. The van der Waals surface area contributed by atoms with Crippen molar-refractivity contribution in [3.63, 3.8) is 0 Å². The summed E-state index contributed by atoms with van der Waals surface area (Å²) in [5, 5.41) is 5.93. The molecule has 0 saturated carbocycles. The summed E-state index contributed by atoms with van der Waals surface area (Å²) in [5.41, 5.74) is 5.60. The second-order valence-electron chi connectivity index (χ2n) is 8.02. The Bertz CT molecular complexity index is 1190. The van der Waals surface area contributed by atoms with Crippen molar-refractivity contribution in [1.29, 1.82) is 0 Å². The SMILES string of the molecule is C1=CC2CC3CCC(C=C4N=C(C=c5ccc([nH]5)=CC1=N2)c1ccccc14)N3. The lowest BCUT2D eigenvalue weighted by Gasteiger charge is -2.14. The van der Waals surface area contributed by atoms with Gasteiger partial charge in [-0.05, 0) is 55.7 Å². The number of aromatic nitrogens is 1. The van der Waals surface area contributed by atoms with Gasteiger partial charge in [0.15, 0.2) is 0 Å². The van der Waals surface area contributed by atoms with Gasteiger partial charge in [-0.15, -0.1) is 0 Å². The van der Waals surface area contributed by atoms with Crippen LogP contribution in [0, 0.1) is 0 Å². The van der Waals surface area contributed by atoms with Crippen molar-refractivity contribution >= 4 is 29.3 Å². The predicted octanol–water partition coefficient (Wildman–Crippen LogP) is 2.32. The van der Waals surface area contributed by atoms with E-state index in [0.717, 1.165) is 40.7 Å². The zero-order chi connectivity index (χ0) is 18.5. The average molecular weight is 366 g/mol. The molecule has 0 amide bonds. The third kappa shape index (κ3) is 2.81. The molecule has 4 heteroatoms. The number of hydrogen-bond acceptors (Lipinski definition) is 3. The van der Waals surface area contributed by atoms with Crippen LogP contribution in [0.5, 0.6) is 0 Å². The van der Waals surface area contributed by atoms with Gasteiger partial charge in [-0.3, -0.25) is 4.99 Å². The summed E-state index contributed by atoms with van der Waals surface area (Å²) in [6, 6.07) is 13.9. The van der Waals surface area contributed by atoms with E-state index in [0.29, 0.717) is 12.1 Å². The van der Waals surface area contributed by atoms with E-state index < -0.39 is 0 Å². The number of fused-ring (bicyclic) bond motifs is 9. The normalized spacial score (nSPS) is 27.4. The molecule has 0 spiro atoms. The van der Waals surface area contributed by atoms with Crippen LogP contribution < -0.4 is 16.0 Å². The van der Waals surface area contributed by atoms with Gasteiger partial charge >= 0.3 is 0 Å². The molecule has 2 aromatic rings. The Kier molecular flexibility index (Phi) is 3.59. The number of aromatic amines is 1. The summed E-state index contributed by atoms with van der Waals surface area (Å²) in [6.45, 7) is 0. The number of nitrogens with one attached hydrogen (secondary N) is 2. The first-order valence-corrected chi connectivity index (χ1v) is 10.1. The molecule has 1 aromatic carbocycles. The van der Waals surface area contributed by atoms with Gasteiger partial charge in [0.1, 0.15) is 0 Å². The molecule has 8 bridgehead atoms. The van der Waals surface area contributed by atoms with Gasteiger partial charge in [0.25, 0.3) is 0 Å². The quantitative estimate of drug-likeness (QED) is 0.739. The van der Waals surface area contributed by atoms with Gasteiger partial charge < -0.3 is 10.3 Å². The highest BCUT2D eigenvalue weighted by atomic mass is 15.0. The van der Waals surface area contributed by atoms with E-state index in [1.807, 2.05) is 0 Å². The number of H-pyrrole nitrogens is 1. The lowest BCUT2D eigenvalue weighted by atomic mass is 10.0. The maximum Gasteiger partial charge on any atom is 0.0736 e. The zero-order valence-electron chi connectivity index (χ0n) is 15.6. The Labute approximate surface area is 163 Å². The van der Waals surface area contributed by atoms with Crippen LogP contribution >= 0.6 is 0 Å². The number of rotatable bonds is 0. The zero-order valence-corrected chi connectivity index (χ0v) is 15.6. The van der Waals surface area contributed by atoms with Gasteiger partial charge in [0, 0.05) is 33.9 Å². The van der Waals surface area contributed by atoms with E-state index in [-0.39, 0.29) is 6.04 Å². The number of aliphatic imine (C=N–C) groups is 2. The van der Waals surface area contributed by atoms with Crippen molar-refractivity contribution in [2.24, 2.45) is 9.98 Å². The Balaban J connectivity index is 1.52. The number of hydrogen-bond donors (Lipinski definition) is 2. The number of allylic oxidation sites excluding steroid dienone is 1. The molecule has 4 aliphatic heterocycles. The summed E-state index contributed by atoms with van der Waals surface area (Å²) in [6.07, 6.45) is 14.4. The molecule has 28 heavy (non-hydrogen) atoms. The first kappa shape index (κ1) is 16.0. The van der Waals surface area contributed by atoms with Crippen LogP contribution in [0.2, 0.25) is 0 Å². The van der Waals surface area contributed by atoms with Crippen molar-refractivity contribution in [3.05, 3.63) is 76.5 Å². The minimum atomic E-state index is 0.279. The van der Waals surface area contributed by atoms with Gasteiger partial charge in [-0.25, -0.2) is 4.99 Å². The molecule has 3 atom stereocenters. The molecular weight excluding hydrogens is 344 g/mol. The van der Waals surface area contributed by atoms with Crippen molar-refractivity contribution in [2.45, 2.75) is 37.4 Å². The van der Waals surface area contributed by atoms with Crippen molar-refractivity contribution in [1.82, 2.24) is 10.3 Å². The van der Waals surface area contributed by atoms with Crippen LogP contribution in [0.4, 0.5) is 0 Å². The van der Waals surface area contributed by atoms with Crippen LogP contribution in [-0.2, 0) is 0 Å². The van der Waals surface area contributed by atoms with Crippen molar-refractivity contribution < 1.29 is 0 Å². The molecule has 0 aliphatic carbocycles. The van der Waals surface area contributed by atoms with Crippen molar-refractivity contribution in [2.75, 3.05) is 0 Å². The first-order valence-electron chi connectivity index (χ1n) is 10.1. The molecule has 5 heterocycles. The van der Waals surface area contributed by atoms with E-state index in [1.165, 1.54) is 17.5 Å². The highest BCUT2D eigenvalue weighted by Gasteiger charge is 2.27. The number of benzene rings is 1. The fourth-order valence-electron chi connectivity index (χ4n) is 4.68. The maximum atomic E-state index is 4.99. The summed E-state index contributed by atoms with van der Waals surface area (Å²) in [5.74, 6) is 0. The minimum Gasteiger partial charge on any atom is -0.355 e. The molecule has 4 aliphatic rings. The summed E-state index contributed by atoms with van der Waals surface area (Å²) < 4.78 is 0. The summed E-state index contributed by atoms with van der Waals surface area (Å²) in [4.78, 5) is 13.4. The Morgan fingerprint density at radius 2 is 1.79 bits per heavy atom. The smallest absolute Gasteiger partial charge is 0.0736 e. The second-order valence-corrected chi connectivity index (χ2v) is 8.02. The Hall–Kier alpha value is -2.98. The van der Waals surface area contributed by atoms with E-state index in [1.54, 1.807) is 0 Å². The van der Waals surface area contributed by atoms with E-state index in [9.17, 15) is 0 Å². The molecular formula is C24H22N4. The molecule has 2 N–H and O–H groups in total.